The lowest BCUT2D eigenvalue weighted by molar-refractivity contribution is 0.789. The summed E-state index contributed by atoms with van der Waals surface area (Å²) >= 11 is 1.56. The van der Waals surface area contributed by atoms with E-state index in [-0.39, 0.29) is 0 Å². The zero-order valence-electron chi connectivity index (χ0n) is 12.5. The Bertz CT molecular complexity index is 728. The molecule has 0 aliphatic rings. The number of rotatable bonds is 7. The molecule has 3 rings (SSSR count). The average Bonchev–Trinajstić information content (AvgIpc) is 3.08. The molecule has 2 N–H and O–H groups in total. The van der Waals surface area contributed by atoms with Gasteiger partial charge in [-0.15, -0.1) is 22.0 Å². The zero-order valence-corrected chi connectivity index (χ0v) is 13.4. The number of nitrogens with zero attached hydrogens (tertiary/aromatic N) is 6. The first-order chi connectivity index (χ1) is 11.4. The molecule has 0 saturated heterocycles. The Labute approximate surface area is 137 Å². The maximum Gasteiger partial charge on any atom is 0.247 e. The van der Waals surface area contributed by atoms with Gasteiger partial charge in [0, 0.05) is 13.1 Å². The van der Waals surface area contributed by atoms with Crippen molar-refractivity contribution < 1.29 is 0 Å². The van der Waals surface area contributed by atoms with Gasteiger partial charge in [-0.1, -0.05) is 23.3 Å². The second kappa shape index (κ2) is 7.54. The first-order valence-corrected chi connectivity index (χ1v) is 8.28. The molecular weight excluding hydrogens is 312 g/mol. The summed E-state index contributed by atoms with van der Waals surface area (Å²) in [5.41, 5.74) is 0.909. The van der Waals surface area contributed by atoms with Crippen LogP contribution >= 0.6 is 11.8 Å². The molecule has 0 unspecified atom stereocenters. The van der Waals surface area contributed by atoms with Crippen molar-refractivity contribution in [1.29, 1.82) is 0 Å². The van der Waals surface area contributed by atoms with Crippen molar-refractivity contribution >= 4 is 23.5 Å². The van der Waals surface area contributed by atoms with Gasteiger partial charge < -0.3 is 10.6 Å². The minimum absolute atomic E-state index is 0.599. The van der Waals surface area contributed by atoms with Crippen LogP contribution < -0.4 is 10.6 Å². The first kappa shape index (κ1) is 15.2. The van der Waals surface area contributed by atoms with Gasteiger partial charge >= 0.3 is 0 Å². The predicted octanol–water partition coefficient (Wildman–Crippen LogP) is 1.70. The summed E-state index contributed by atoms with van der Waals surface area (Å²) in [6.45, 7) is 1.33. The third-order valence-corrected chi connectivity index (χ3v) is 3.67. The second-order valence-electron chi connectivity index (χ2n) is 4.56. The number of tetrazole rings is 1. The average molecular weight is 328 g/mol. The van der Waals surface area contributed by atoms with Crippen molar-refractivity contribution in [2.75, 3.05) is 30.0 Å². The topological polar surface area (TPSA) is 93.4 Å². The summed E-state index contributed by atoms with van der Waals surface area (Å²) in [6.07, 6.45) is 1.97. The molecule has 118 valence electrons. The van der Waals surface area contributed by atoms with Gasteiger partial charge in [-0.05, 0) is 40.9 Å². The number of thioether (sulfide) groups is 1. The smallest absolute Gasteiger partial charge is 0.247 e. The van der Waals surface area contributed by atoms with E-state index < -0.39 is 0 Å². The van der Waals surface area contributed by atoms with E-state index >= 15 is 0 Å². The van der Waals surface area contributed by atoms with Crippen LogP contribution in [0.25, 0.3) is 5.69 Å². The van der Waals surface area contributed by atoms with Gasteiger partial charge in [-0.3, -0.25) is 0 Å². The Balaban J connectivity index is 1.52. The van der Waals surface area contributed by atoms with E-state index in [9.17, 15) is 0 Å². The molecule has 0 radical (unpaired) electrons. The molecule has 0 atom stereocenters. The fraction of sp³-hybridized carbons (Fsp3) is 0.214. The van der Waals surface area contributed by atoms with Gasteiger partial charge in [0.2, 0.25) is 5.95 Å². The van der Waals surface area contributed by atoms with E-state index in [1.54, 1.807) is 16.4 Å². The Morgan fingerprint density at radius 3 is 2.52 bits per heavy atom. The normalized spacial score (nSPS) is 10.5. The summed E-state index contributed by atoms with van der Waals surface area (Å²) in [6, 6.07) is 13.6. The third-order valence-electron chi connectivity index (χ3n) is 3.03. The van der Waals surface area contributed by atoms with E-state index in [1.807, 2.05) is 48.7 Å². The minimum Gasteiger partial charge on any atom is -0.367 e. The highest BCUT2D eigenvalue weighted by Crippen LogP contribution is 2.11. The number of benzene rings is 1. The quantitative estimate of drug-likeness (QED) is 0.500. The van der Waals surface area contributed by atoms with Crippen molar-refractivity contribution in [3.8, 4) is 5.69 Å². The minimum atomic E-state index is 0.599. The molecule has 0 aliphatic heterocycles. The molecule has 1 aromatic carbocycles. The van der Waals surface area contributed by atoms with Gasteiger partial charge in [-0.25, -0.2) is 0 Å². The highest BCUT2D eigenvalue weighted by molar-refractivity contribution is 7.98. The summed E-state index contributed by atoms with van der Waals surface area (Å²) in [5.74, 6) is 1.34. The maximum absolute atomic E-state index is 4.09. The molecule has 0 bridgehead atoms. The van der Waals surface area contributed by atoms with E-state index in [2.05, 4.69) is 36.4 Å². The van der Waals surface area contributed by atoms with Crippen molar-refractivity contribution in [2.45, 2.75) is 5.03 Å². The number of para-hydroxylation sites is 1. The van der Waals surface area contributed by atoms with Crippen molar-refractivity contribution in [3.63, 3.8) is 0 Å². The fourth-order valence-corrected chi connectivity index (χ4v) is 2.26. The lowest BCUT2D eigenvalue weighted by atomic mass is 10.3. The van der Waals surface area contributed by atoms with Crippen LogP contribution in [0.5, 0.6) is 0 Å². The summed E-state index contributed by atoms with van der Waals surface area (Å²) in [4.78, 5) is 0. The van der Waals surface area contributed by atoms with E-state index in [4.69, 9.17) is 0 Å². The van der Waals surface area contributed by atoms with E-state index in [0.29, 0.717) is 19.0 Å². The van der Waals surface area contributed by atoms with Gasteiger partial charge in [-0.2, -0.15) is 4.68 Å². The Morgan fingerprint density at radius 2 is 1.78 bits per heavy atom. The van der Waals surface area contributed by atoms with Crippen LogP contribution in [0, 0.1) is 0 Å². The molecule has 3 aromatic rings. The van der Waals surface area contributed by atoms with Crippen molar-refractivity contribution in [3.05, 3.63) is 42.5 Å². The molecule has 2 aromatic heterocycles. The summed E-state index contributed by atoms with van der Waals surface area (Å²) in [7, 11) is 0. The highest BCUT2D eigenvalue weighted by Gasteiger charge is 2.06. The van der Waals surface area contributed by atoms with Crippen LogP contribution in [0.3, 0.4) is 0 Å². The largest absolute Gasteiger partial charge is 0.367 e. The fourth-order valence-electron chi connectivity index (χ4n) is 1.93. The Hall–Kier alpha value is -2.68. The molecule has 9 heteroatoms. The van der Waals surface area contributed by atoms with Crippen LogP contribution in [-0.4, -0.2) is 49.7 Å². The molecule has 2 heterocycles. The van der Waals surface area contributed by atoms with E-state index in [1.165, 1.54) is 0 Å². The van der Waals surface area contributed by atoms with Crippen LogP contribution in [0.4, 0.5) is 11.8 Å². The molecule has 0 fully saturated rings. The number of hydrogen-bond donors (Lipinski definition) is 2. The van der Waals surface area contributed by atoms with Crippen LogP contribution in [0.1, 0.15) is 0 Å². The monoisotopic (exact) mass is 328 g/mol. The third kappa shape index (κ3) is 3.95. The molecule has 23 heavy (non-hydrogen) atoms. The van der Waals surface area contributed by atoms with Crippen LogP contribution in [0.2, 0.25) is 0 Å². The van der Waals surface area contributed by atoms with E-state index in [0.717, 1.165) is 16.5 Å². The number of anilines is 2. The Kier molecular flexibility index (Phi) is 4.99. The van der Waals surface area contributed by atoms with Gasteiger partial charge in [0.25, 0.3) is 0 Å². The van der Waals surface area contributed by atoms with Crippen LogP contribution in [0.15, 0.2) is 47.5 Å². The molecule has 0 aliphatic carbocycles. The number of hydrogen-bond acceptors (Lipinski definition) is 8. The van der Waals surface area contributed by atoms with Crippen LogP contribution in [-0.2, 0) is 0 Å². The highest BCUT2D eigenvalue weighted by atomic mass is 32.2. The van der Waals surface area contributed by atoms with Gasteiger partial charge in [0.05, 0.1) is 5.69 Å². The lowest BCUT2D eigenvalue weighted by Gasteiger charge is -2.08. The standard InChI is InChI=1S/C14H16N8S/c1-23-13-8-7-12(17-18-13)15-9-10-16-14-19-20-21-22(14)11-5-3-2-4-6-11/h2-8H,9-10H2,1H3,(H,15,17)(H,16,19,21). The Morgan fingerprint density at radius 1 is 0.957 bits per heavy atom. The predicted molar refractivity (Wildman–Crippen MR) is 89.9 cm³/mol. The van der Waals surface area contributed by atoms with Crippen molar-refractivity contribution in [2.24, 2.45) is 0 Å². The number of aromatic nitrogens is 6. The van der Waals surface area contributed by atoms with Crippen molar-refractivity contribution in [1.82, 2.24) is 30.4 Å². The first-order valence-electron chi connectivity index (χ1n) is 7.06. The van der Waals surface area contributed by atoms with Gasteiger partial charge in [0.1, 0.15) is 10.8 Å². The maximum atomic E-state index is 4.09. The SMILES string of the molecule is CSc1ccc(NCCNc2nnnn2-c2ccccc2)nn1. The summed E-state index contributed by atoms with van der Waals surface area (Å²) in [5, 5.41) is 27.1. The molecule has 0 amide bonds. The molecule has 0 spiro atoms. The summed E-state index contributed by atoms with van der Waals surface area (Å²) < 4.78 is 1.66. The molecule has 8 nitrogen and oxygen atoms in total. The van der Waals surface area contributed by atoms with Gasteiger partial charge in [0.15, 0.2) is 0 Å². The lowest BCUT2D eigenvalue weighted by Crippen LogP contribution is -2.17. The second-order valence-corrected chi connectivity index (χ2v) is 5.39. The molecular formula is C14H16N8S. The number of nitrogens with one attached hydrogen (secondary N) is 2. The molecule has 0 saturated carbocycles. The zero-order chi connectivity index (χ0) is 15.9.